The third-order valence-electron chi connectivity index (χ3n) is 4.67. The van der Waals surface area contributed by atoms with Gasteiger partial charge in [-0.2, -0.15) is 0 Å². The van der Waals surface area contributed by atoms with Gasteiger partial charge in [-0.25, -0.2) is 0 Å². The Morgan fingerprint density at radius 2 is 1.59 bits per heavy atom. The number of amides is 1. The van der Waals surface area contributed by atoms with Crippen molar-refractivity contribution in [2.24, 2.45) is 0 Å². The number of methoxy groups -OCH3 is 3. The second kappa shape index (κ2) is 8.39. The fraction of sp³-hybridized carbons (Fsp3) is 0.350. The maximum absolute atomic E-state index is 12.9. The molecule has 1 amide bonds. The lowest BCUT2D eigenvalue weighted by atomic mass is 10.1. The normalized spacial score (nSPS) is 14.1. The molecule has 0 saturated carbocycles. The Morgan fingerprint density at radius 3 is 2.22 bits per heavy atom. The zero-order chi connectivity index (χ0) is 19.4. The van der Waals surface area contributed by atoms with E-state index in [1.165, 1.54) is 14.2 Å². The van der Waals surface area contributed by atoms with E-state index in [2.05, 4.69) is 4.90 Å². The van der Waals surface area contributed by atoms with Gasteiger partial charge in [0.05, 0.1) is 32.0 Å². The molecule has 1 aliphatic rings. The van der Waals surface area contributed by atoms with Crippen molar-refractivity contribution in [2.45, 2.75) is 0 Å². The molecule has 0 unspecified atom stereocenters. The Kier molecular flexibility index (Phi) is 5.96. The second-order valence-corrected chi connectivity index (χ2v) is 6.55. The molecule has 0 atom stereocenters. The van der Waals surface area contributed by atoms with Crippen molar-refractivity contribution in [1.82, 2.24) is 4.90 Å². The number of rotatable bonds is 5. The van der Waals surface area contributed by atoms with Crippen LogP contribution in [0.2, 0.25) is 5.02 Å². The van der Waals surface area contributed by atoms with Crippen LogP contribution < -0.4 is 19.1 Å². The smallest absolute Gasteiger partial charge is 0.254 e. The predicted octanol–water partition coefficient (Wildman–Crippen LogP) is 3.33. The number of halogens is 1. The minimum atomic E-state index is -0.0717. The van der Waals surface area contributed by atoms with E-state index in [4.69, 9.17) is 25.8 Å². The van der Waals surface area contributed by atoms with Gasteiger partial charge in [-0.1, -0.05) is 23.7 Å². The molecule has 7 heteroatoms. The van der Waals surface area contributed by atoms with Gasteiger partial charge in [-0.15, -0.1) is 0 Å². The van der Waals surface area contributed by atoms with Gasteiger partial charge in [0.2, 0.25) is 0 Å². The first kappa shape index (κ1) is 19.2. The maximum atomic E-state index is 12.9. The first-order valence-electron chi connectivity index (χ1n) is 8.67. The minimum absolute atomic E-state index is 0.0717. The summed E-state index contributed by atoms with van der Waals surface area (Å²) in [6, 6.07) is 11.2. The predicted molar refractivity (Wildman–Crippen MR) is 106 cm³/mol. The van der Waals surface area contributed by atoms with E-state index in [1.54, 1.807) is 19.2 Å². The summed E-state index contributed by atoms with van der Waals surface area (Å²) < 4.78 is 16.0. The molecular formula is C20H23ClN2O4. The first-order valence-corrected chi connectivity index (χ1v) is 9.05. The molecule has 144 valence electrons. The highest BCUT2D eigenvalue weighted by Crippen LogP contribution is 2.36. The Bertz CT molecular complexity index is 820. The van der Waals surface area contributed by atoms with E-state index in [9.17, 15) is 4.79 Å². The monoisotopic (exact) mass is 390 g/mol. The fourth-order valence-electron chi connectivity index (χ4n) is 3.27. The van der Waals surface area contributed by atoms with Gasteiger partial charge in [0.15, 0.2) is 11.5 Å². The molecule has 0 spiro atoms. The molecule has 1 fully saturated rings. The van der Waals surface area contributed by atoms with Crippen molar-refractivity contribution in [3.63, 3.8) is 0 Å². The Hall–Kier alpha value is -2.60. The molecule has 0 radical (unpaired) electrons. The summed E-state index contributed by atoms with van der Waals surface area (Å²) >= 11 is 6.24. The van der Waals surface area contributed by atoms with Gasteiger partial charge in [0.1, 0.15) is 5.75 Å². The lowest BCUT2D eigenvalue weighted by molar-refractivity contribution is 0.0746. The van der Waals surface area contributed by atoms with E-state index >= 15 is 0 Å². The number of nitrogens with zero attached hydrogens (tertiary/aromatic N) is 2. The molecule has 0 aliphatic carbocycles. The Morgan fingerprint density at radius 1 is 0.926 bits per heavy atom. The first-order chi connectivity index (χ1) is 13.1. The molecule has 2 aromatic carbocycles. The molecule has 2 aromatic rings. The second-order valence-electron chi connectivity index (χ2n) is 6.14. The zero-order valence-electron chi connectivity index (χ0n) is 15.7. The summed E-state index contributed by atoms with van der Waals surface area (Å²) in [5, 5.41) is 0.354. The SMILES string of the molecule is COc1ccccc1N1CCN(C(=O)c2cc(Cl)c(OC)c(OC)c2)CC1. The van der Waals surface area contributed by atoms with Crippen molar-refractivity contribution < 1.29 is 19.0 Å². The van der Waals surface area contributed by atoms with Crippen LogP contribution in [0.1, 0.15) is 10.4 Å². The molecule has 0 aromatic heterocycles. The molecule has 27 heavy (non-hydrogen) atoms. The van der Waals surface area contributed by atoms with Crippen LogP contribution in [0.5, 0.6) is 17.2 Å². The highest BCUT2D eigenvalue weighted by atomic mass is 35.5. The van der Waals surface area contributed by atoms with Crippen LogP contribution in [-0.4, -0.2) is 58.3 Å². The van der Waals surface area contributed by atoms with E-state index in [-0.39, 0.29) is 5.91 Å². The van der Waals surface area contributed by atoms with Gasteiger partial charge in [0, 0.05) is 31.7 Å². The average molecular weight is 391 g/mol. The topological polar surface area (TPSA) is 51.2 Å². The lowest BCUT2D eigenvalue weighted by Crippen LogP contribution is -2.48. The summed E-state index contributed by atoms with van der Waals surface area (Å²) in [6.45, 7) is 2.69. The van der Waals surface area contributed by atoms with Gasteiger partial charge >= 0.3 is 0 Å². The van der Waals surface area contributed by atoms with E-state index < -0.39 is 0 Å². The third kappa shape index (κ3) is 3.90. The van der Waals surface area contributed by atoms with Crippen molar-refractivity contribution in [2.75, 3.05) is 52.4 Å². The van der Waals surface area contributed by atoms with Gasteiger partial charge < -0.3 is 24.0 Å². The Balaban J connectivity index is 1.73. The maximum Gasteiger partial charge on any atom is 0.254 e. The van der Waals surface area contributed by atoms with Crippen LogP contribution in [0.25, 0.3) is 0 Å². The zero-order valence-corrected chi connectivity index (χ0v) is 16.5. The minimum Gasteiger partial charge on any atom is -0.495 e. The fourth-order valence-corrected chi connectivity index (χ4v) is 3.55. The van der Waals surface area contributed by atoms with Crippen LogP contribution in [-0.2, 0) is 0 Å². The van der Waals surface area contributed by atoms with Crippen LogP contribution in [0.4, 0.5) is 5.69 Å². The number of hydrogen-bond donors (Lipinski definition) is 0. The number of anilines is 1. The molecule has 1 heterocycles. The molecular weight excluding hydrogens is 368 g/mol. The van der Waals surface area contributed by atoms with Crippen LogP contribution in [0.15, 0.2) is 36.4 Å². The molecule has 1 aliphatic heterocycles. The van der Waals surface area contributed by atoms with Crippen molar-refractivity contribution >= 4 is 23.2 Å². The number of hydrogen-bond acceptors (Lipinski definition) is 5. The number of carbonyl (C=O) groups excluding carboxylic acids is 1. The van der Waals surface area contributed by atoms with E-state index in [0.29, 0.717) is 35.2 Å². The number of ether oxygens (including phenoxy) is 3. The summed E-state index contributed by atoms with van der Waals surface area (Å²) in [6.07, 6.45) is 0. The van der Waals surface area contributed by atoms with Crippen LogP contribution in [0.3, 0.4) is 0 Å². The summed E-state index contributed by atoms with van der Waals surface area (Å²) in [5.41, 5.74) is 1.53. The van der Waals surface area contributed by atoms with Crippen molar-refractivity contribution in [3.05, 3.63) is 47.0 Å². The molecule has 0 N–H and O–H groups in total. The molecule has 1 saturated heterocycles. The van der Waals surface area contributed by atoms with Crippen molar-refractivity contribution in [3.8, 4) is 17.2 Å². The summed E-state index contributed by atoms with van der Waals surface area (Å²) in [4.78, 5) is 17.0. The summed E-state index contributed by atoms with van der Waals surface area (Å²) in [7, 11) is 4.70. The van der Waals surface area contributed by atoms with Gasteiger partial charge in [0.25, 0.3) is 5.91 Å². The van der Waals surface area contributed by atoms with E-state index in [1.807, 2.05) is 29.2 Å². The number of carbonyl (C=O) groups is 1. The number of para-hydroxylation sites is 2. The van der Waals surface area contributed by atoms with Crippen LogP contribution in [0, 0.1) is 0 Å². The molecule has 3 rings (SSSR count). The quantitative estimate of drug-likeness (QED) is 0.783. The lowest BCUT2D eigenvalue weighted by Gasteiger charge is -2.36. The number of piperazine rings is 1. The molecule has 0 bridgehead atoms. The van der Waals surface area contributed by atoms with Crippen LogP contribution >= 0.6 is 11.6 Å². The third-order valence-corrected chi connectivity index (χ3v) is 4.95. The molecule has 6 nitrogen and oxygen atoms in total. The highest BCUT2D eigenvalue weighted by molar-refractivity contribution is 6.32. The average Bonchev–Trinajstić information content (AvgIpc) is 2.72. The largest absolute Gasteiger partial charge is 0.495 e. The van der Waals surface area contributed by atoms with Gasteiger partial charge in [-0.05, 0) is 24.3 Å². The highest BCUT2D eigenvalue weighted by Gasteiger charge is 2.25. The standard InChI is InChI=1S/C20H23ClN2O4/c1-25-17-7-5-4-6-16(17)22-8-10-23(11-9-22)20(24)14-12-15(21)19(27-3)18(13-14)26-2/h4-7,12-13H,8-11H2,1-3H3. The van der Waals surface area contributed by atoms with E-state index in [0.717, 1.165) is 24.5 Å². The summed E-state index contributed by atoms with van der Waals surface area (Å²) in [5.74, 6) is 1.64. The Labute approximate surface area is 164 Å². The van der Waals surface area contributed by atoms with Crippen molar-refractivity contribution in [1.29, 1.82) is 0 Å². The number of benzene rings is 2. The van der Waals surface area contributed by atoms with Gasteiger partial charge in [-0.3, -0.25) is 4.79 Å².